The van der Waals surface area contributed by atoms with Gasteiger partial charge >= 0.3 is 0 Å². The molecule has 1 amide bonds. The van der Waals surface area contributed by atoms with Gasteiger partial charge in [-0.1, -0.05) is 21.1 Å². The maximum absolute atomic E-state index is 12.4. The van der Waals surface area contributed by atoms with Gasteiger partial charge in [0.15, 0.2) is 0 Å². The van der Waals surface area contributed by atoms with E-state index in [4.69, 9.17) is 9.26 Å². The molecule has 4 aromatic rings. The number of ether oxygens (including phenoxy) is 1. The van der Waals surface area contributed by atoms with Gasteiger partial charge in [-0.25, -0.2) is 0 Å². The predicted molar refractivity (Wildman–Crippen MR) is 112 cm³/mol. The van der Waals surface area contributed by atoms with Gasteiger partial charge in [-0.15, -0.1) is 0 Å². The van der Waals surface area contributed by atoms with Crippen molar-refractivity contribution in [2.45, 2.75) is 6.54 Å². The van der Waals surface area contributed by atoms with Gasteiger partial charge in [0, 0.05) is 21.9 Å². The summed E-state index contributed by atoms with van der Waals surface area (Å²) in [5.74, 6) is 1.40. The van der Waals surface area contributed by atoms with Crippen LogP contribution in [-0.2, 0) is 11.3 Å². The summed E-state index contributed by atoms with van der Waals surface area (Å²) < 4.78 is 13.3. The fourth-order valence-electron chi connectivity index (χ4n) is 2.82. The summed E-state index contributed by atoms with van der Waals surface area (Å²) in [6.45, 7) is 0.115. The number of aromatic nitrogens is 3. The van der Waals surface area contributed by atoms with E-state index in [0.717, 1.165) is 15.8 Å². The number of halogens is 1. The lowest BCUT2D eigenvalue weighted by Crippen LogP contribution is -2.18. The Hall–Kier alpha value is -3.39. The second kappa shape index (κ2) is 8.32. The predicted octanol–water partition coefficient (Wildman–Crippen LogP) is 4.61. The highest BCUT2D eigenvalue weighted by atomic mass is 79.9. The zero-order valence-corrected chi connectivity index (χ0v) is 17.1. The van der Waals surface area contributed by atoms with Crippen LogP contribution in [0.15, 0.2) is 75.9 Å². The fraction of sp³-hybridized carbons (Fsp3) is 0.0952. The van der Waals surface area contributed by atoms with Gasteiger partial charge in [0.05, 0.1) is 7.11 Å². The van der Waals surface area contributed by atoms with Crippen LogP contribution in [0.4, 0.5) is 5.69 Å². The van der Waals surface area contributed by atoms with Crippen LogP contribution in [0.1, 0.15) is 0 Å². The van der Waals surface area contributed by atoms with Crippen molar-refractivity contribution >= 4 is 27.5 Å². The number of rotatable bonds is 6. The minimum Gasteiger partial charge on any atom is -0.497 e. The maximum Gasteiger partial charge on any atom is 0.274 e. The monoisotopic (exact) mass is 452 g/mol. The lowest BCUT2D eigenvalue weighted by atomic mass is 10.2. The molecule has 1 N–H and O–H groups in total. The molecule has 0 radical (unpaired) electrons. The standard InChI is InChI=1S/C21H17BrN4O3/c1-28-17-10-8-16(9-11-17)23-19(27)13-26-12-2-3-18(26)21-24-20(25-29-21)14-4-6-15(22)7-5-14/h2-12H,13H2,1H3,(H,23,27). The summed E-state index contributed by atoms with van der Waals surface area (Å²) in [7, 11) is 1.60. The van der Waals surface area contributed by atoms with Crippen molar-refractivity contribution in [1.82, 2.24) is 14.7 Å². The molecule has 0 saturated carbocycles. The van der Waals surface area contributed by atoms with Crippen molar-refractivity contribution in [3.8, 4) is 28.7 Å². The average molecular weight is 453 g/mol. The molecule has 0 unspecified atom stereocenters. The topological polar surface area (TPSA) is 82.2 Å². The molecule has 0 atom stereocenters. The van der Waals surface area contributed by atoms with Crippen LogP contribution in [-0.4, -0.2) is 27.7 Å². The van der Waals surface area contributed by atoms with Crippen molar-refractivity contribution in [3.05, 3.63) is 71.3 Å². The Balaban J connectivity index is 1.48. The number of hydrogen-bond acceptors (Lipinski definition) is 5. The number of nitrogens with zero attached hydrogens (tertiary/aromatic N) is 3. The SMILES string of the molecule is COc1ccc(NC(=O)Cn2cccc2-c2nc(-c3ccc(Br)cc3)no2)cc1. The van der Waals surface area contributed by atoms with Gasteiger partial charge in [0.2, 0.25) is 11.7 Å². The average Bonchev–Trinajstić information content (AvgIpc) is 3.38. The molecule has 2 heterocycles. The second-order valence-corrected chi connectivity index (χ2v) is 7.14. The third kappa shape index (κ3) is 4.38. The molecule has 0 bridgehead atoms. The van der Waals surface area contributed by atoms with Crippen molar-refractivity contribution in [1.29, 1.82) is 0 Å². The van der Waals surface area contributed by atoms with E-state index < -0.39 is 0 Å². The molecule has 8 heteroatoms. The summed E-state index contributed by atoms with van der Waals surface area (Å²) in [5, 5.41) is 6.91. The molecule has 4 rings (SSSR count). The van der Waals surface area contributed by atoms with E-state index in [0.29, 0.717) is 23.1 Å². The highest BCUT2D eigenvalue weighted by molar-refractivity contribution is 9.10. The zero-order valence-electron chi connectivity index (χ0n) is 15.5. The van der Waals surface area contributed by atoms with Gasteiger partial charge < -0.3 is 19.1 Å². The number of nitrogens with one attached hydrogen (secondary N) is 1. The van der Waals surface area contributed by atoms with Crippen LogP contribution in [0.5, 0.6) is 5.75 Å². The van der Waals surface area contributed by atoms with E-state index >= 15 is 0 Å². The number of anilines is 1. The maximum atomic E-state index is 12.4. The first-order chi connectivity index (χ1) is 14.1. The molecule has 29 heavy (non-hydrogen) atoms. The molecule has 7 nitrogen and oxygen atoms in total. The Morgan fingerprint density at radius 1 is 1.14 bits per heavy atom. The summed E-state index contributed by atoms with van der Waals surface area (Å²) in [6, 6.07) is 18.5. The van der Waals surface area contributed by atoms with Crippen molar-refractivity contribution in [2.24, 2.45) is 0 Å². The Morgan fingerprint density at radius 2 is 1.90 bits per heavy atom. The van der Waals surface area contributed by atoms with Crippen LogP contribution >= 0.6 is 15.9 Å². The molecule has 0 aliphatic rings. The van der Waals surface area contributed by atoms with Gasteiger partial charge in [0.1, 0.15) is 18.0 Å². The molecule has 0 saturated heterocycles. The summed E-state index contributed by atoms with van der Waals surface area (Å²) in [5.41, 5.74) is 2.21. The second-order valence-electron chi connectivity index (χ2n) is 6.23. The lowest BCUT2D eigenvalue weighted by molar-refractivity contribution is -0.116. The Morgan fingerprint density at radius 3 is 2.62 bits per heavy atom. The minimum absolute atomic E-state index is 0.115. The van der Waals surface area contributed by atoms with Crippen LogP contribution in [0, 0.1) is 0 Å². The Bertz CT molecular complexity index is 1120. The minimum atomic E-state index is -0.166. The Kier molecular flexibility index (Phi) is 5.44. The quantitative estimate of drug-likeness (QED) is 0.461. The molecule has 2 aromatic carbocycles. The lowest BCUT2D eigenvalue weighted by Gasteiger charge is -2.08. The summed E-state index contributed by atoms with van der Waals surface area (Å²) in [4.78, 5) is 16.9. The van der Waals surface area contributed by atoms with Crippen LogP contribution in [0.3, 0.4) is 0 Å². The third-order valence-electron chi connectivity index (χ3n) is 4.26. The first kappa shape index (κ1) is 18.9. The number of hydrogen-bond donors (Lipinski definition) is 1. The summed E-state index contributed by atoms with van der Waals surface area (Å²) >= 11 is 3.41. The number of carbonyl (C=O) groups is 1. The number of carbonyl (C=O) groups excluding carboxylic acids is 1. The smallest absolute Gasteiger partial charge is 0.274 e. The van der Waals surface area contributed by atoms with Gasteiger partial charge in [-0.3, -0.25) is 4.79 Å². The van der Waals surface area contributed by atoms with Crippen LogP contribution in [0.2, 0.25) is 0 Å². The van der Waals surface area contributed by atoms with E-state index in [2.05, 4.69) is 31.4 Å². The molecule has 146 valence electrons. The van der Waals surface area contributed by atoms with E-state index in [1.807, 2.05) is 36.4 Å². The van der Waals surface area contributed by atoms with Crippen molar-refractivity contribution in [2.75, 3.05) is 12.4 Å². The zero-order chi connectivity index (χ0) is 20.2. The summed E-state index contributed by atoms with van der Waals surface area (Å²) in [6.07, 6.45) is 1.80. The van der Waals surface area contributed by atoms with Gasteiger partial charge in [0.25, 0.3) is 5.89 Å². The highest BCUT2D eigenvalue weighted by Crippen LogP contribution is 2.24. The first-order valence-corrected chi connectivity index (χ1v) is 9.61. The molecule has 0 aliphatic carbocycles. The van der Waals surface area contributed by atoms with Crippen molar-refractivity contribution < 1.29 is 14.1 Å². The van der Waals surface area contributed by atoms with Crippen LogP contribution in [0.25, 0.3) is 23.0 Å². The van der Waals surface area contributed by atoms with E-state index in [9.17, 15) is 4.79 Å². The first-order valence-electron chi connectivity index (χ1n) is 8.81. The fourth-order valence-corrected chi connectivity index (χ4v) is 3.08. The van der Waals surface area contributed by atoms with E-state index in [-0.39, 0.29) is 12.5 Å². The van der Waals surface area contributed by atoms with Gasteiger partial charge in [-0.2, -0.15) is 4.98 Å². The number of methoxy groups -OCH3 is 1. The molecule has 0 spiro atoms. The molecule has 0 fully saturated rings. The van der Waals surface area contributed by atoms with Gasteiger partial charge in [-0.05, 0) is 60.7 Å². The molecular formula is C21H17BrN4O3. The normalized spacial score (nSPS) is 10.7. The molecular weight excluding hydrogens is 436 g/mol. The Labute approximate surface area is 175 Å². The van der Waals surface area contributed by atoms with E-state index in [1.165, 1.54) is 0 Å². The van der Waals surface area contributed by atoms with Crippen molar-refractivity contribution in [3.63, 3.8) is 0 Å². The van der Waals surface area contributed by atoms with E-state index in [1.54, 1.807) is 42.1 Å². The highest BCUT2D eigenvalue weighted by Gasteiger charge is 2.15. The number of benzene rings is 2. The third-order valence-corrected chi connectivity index (χ3v) is 4.79. The number of amides is 1. The molecule has 0 aliphatic heterocycles. The van der Waals surface area contributed by atoms with Crippen LogP contribution < -0.4 is 10.1 Å². The molecule has 2 aromatic heterocycles. The largest absolute Gasteiger partial charge is 0.497 e.